The van der Waals surface area contributed by atoms with E-state index in [4.69, 9.17) is 18.9 Å². The van der Waals surface area contributed by atoms with Gasteiger partial charge in [-0.3, -0.25) is 10.1 Å². The van der Waals surface area contributed by atoms with Crippen molar-refractivity contribution in [3.05, 3.63) is 46.0 Å². The predicted molar refractivity (Wildman–Crippen MR) is 111 cm³/mol. The molecule has 0 spiro atoms. The normalized spacial score (nSPS) is 10.1. The summed E-state index contributed by atoms with van der Waals surface area (Å²) in [5.74, 6) is -1.20. The summed E-state index contributed by atoms with van der Waals surface area (Å²) in [6.07, 6.45) is 0.776. The Kier molecular flexibility index (Phi) is 8.01. The number of hydrogen-bond acceptors (Lipinski definition) is 8. The topological polar surface area (TPSA) is 138 Å². The number of nitrogens with zero attached hydrogens (tertiary/aromatic N) is 1. The molecule has 2 aromatic rings. The lowest BCUT2D eigenvalue weighted by Crippen LogP contribution is -2.29. The molecule has 0 saturated carbocycles. The maximum absolute atomic E-state index is 12.8. The fraction of sp³-hybridized carbons (Fsp3) is 0.300. The molecule has 0 saturated heterocycles. The Bertz CT molecular complexity index is 977. The number of ether oxygens (including phenoxy) is 4. The molecule has 0 heterocycles. The van der Waals surface area contributed by atoms with Crippen molar-refractivity contribution >= 4 is 23.4 Å². The Morgan fingerprint density at radius 3 is 2.35 bits per heavy atom. The highest BCUT2D eigenvalue weighted by Gasteiger charge is 2.33. The van der Waals surface area contributed by atoms with Crippen molar-refractivity contribution in [3.63, 3.8) is 0 Å². The number of nitro benzene ring substituents is 1. The minimum absolute atomic E-state index is 0.0301. The summed E-state index contributed by atoms with van der Waals surface area (Å²) in [6, 6.07) is 6.77. The van der Waals surface area contributed by atoms with E-state index in [9.17, 15) is 19.7 Å². The Labute approximate surface area is 178 Å². The van der Waals surface area contributed by atoms with E-state index in [1.807, 2.05) is 6.92 Å². The maximum atomic E-state index is 12.8. The number of carbonyl (C=O) groups excluding carboxylic acids is 2. The molecule has 2 amide bonds. The molecule has 2 aromatic carbocycles. The molecule has 2 rings (SSSR count). The molecule has 0 fully saturated rings. The molecule has 0 atom stereocenters. The van der Waals surface area contributed by atoms with Crippen LogP contribution in [0.25, 0.3) is 0 Å². The number of anilines is 1. The Balaban J connectivity index is 2.36. The largest absolute Gasteiger partial charge is 0.493 e. The number of rotatable bonds is 9. The highest BCUT2D eigenvalue weighted by molar-refractivity contribution is 5.98. The van der Waals surface area contributed by atoms with Crippen molar-refractivity contribution < 1.29 is 33.5 Å². The van der Waals surface area contributed by atoms with Crippen LogP contribution < -0.4 is 29.6 Å². The highest BCUT2D eigenvalue weighted by atomic mass is 16.6. The van der Waals surface area contributed by atoms with Gasteiger partial charge in [0.05, 0.1) is 26.3 Å². The van der Waals surface area contributed by atoms with Gasteiger partial charge in [-0.15, -0.1) is 0 Å². The molecule has 0 radical (unpaired) electrons. The third kappa shape index (κ3) is 5.53. The van der Waals surface area contributed by atoms with Crippen LogP contribution in [-0.2, 0) is 0 Å². The molecule has 0 aliphatic heterocycles. The SMILES string of the molecule is CCCNC(=O)Nc1cccc(OC(=O)c2cc(OC)c(OC)c(OC)c2[N+](=O)[O-])c1. The van der Waals surface area contributed by atoms with Gasteiger partial charge in [0.15, 0.2) is 5.75 Å². The molecular formula is C20H23N3O8. The molecule has 0 bridgehead atoms. The van der Waals surface area contributed by atoms with Crippen LogP contribution in [0.15, 0.2) is 30.3 Å². The van der Waals surface area contributed by atoms with E-state index < -0.39 is 28.2 Å². The quantitative estimate of drug-likeness (QED) is 0.266. The molecule has 0 aromatic heterocycles. The van der Waals surface area contributed by atoms with Gasteiger partial charge in [0.25, 0.3) is 0 Å². The fourth-order valence-corrected chi connectivity index (χ4v) is 2.69. The van der Waals surface area contributed by atoms with Crippen LogP contribution in [0.1, 0.15) is 23.7 Å². The van der Waals surface area contributed by atoms with Crippen molar-refractivity contribution in [2.24, 2.45) is 0 Å². The Morgan fingerprint density at radius 2 is 1.77 bits per heavy atom. The van der Waals surface area contributed by atoms with E-state index >= 15 is 0 Å². The van der Waals surface area contributed by atoms with Crippen LogP contribution in [-0.4, -0.2) is 44.8 Å². The van der Waals surface area contributed by atoms with Crippen LogP contribution in [0.3, 0.4) is 0 Å². The summed E-state index contributed by atoms with van der Waals surface area (Å²) < 4.78 is 20.7. The van der Waals surface area contributed by atoms with Gasteiger partial charge in [0.2, 0.25) is 11.5 Å². The van der Waals surface area contributed by atoms with E-state index in [0.29, 0.717) is 12.2 Å². The molecular weight excluding hydrogens is 410 g/mol. The van der Waals surface area contributed by atoms with Gasteiger partial charge >= 0.3 is 17.7 Å². The van der Waals surface area contributed by atoms with Crippen LogP contribution in [0.2, 0.25) is 0 Å². The van der Waals surface area contributed by atoms with Crippen LogP contribution >= 0.6 is 0 Å². The smallest absolute Gasteiger partial charge is 0.350 e. The second-order valence-electron chi connectivity index (χ2n) is 6.10. The third-order valence-corrected chi connectivity index (χ3v) is 4.04. The number of nitro groups is 1. The summed E-state index contributed by atoms with van der Waals surface area (Å²) in [4.78, 5) is 35.5. The summed E-state index contributed by atoms with van der Waals surface area (Å²) >= 11 is 0. The van der Waals surface area contributed by atoms with Gasteiger partial charge in [-0.1, -0.05) is 13.0 Å². The zero-order chi connectivity index (χ0) is 23.0. The van der Waals surface area contributed by atoms with E-state index in [2.05, 4.69) is 10.6 Å². The number of methoxy groups -OCH3 is 3. The zero-order valence-electron chi connectivity index (χ0n) is 17.5. The standard InChI is InChI=1S/C20H23N3O8/c1-5-9-21-20(25)22-12-7-6-8-13(10-12)31-19(24)14-11-15(28-2)17(29-3)18(30-4)16(14)23(26)27/h6-8,10-11H,5,9H2,1-4H3,(H2,21,22,25). The van der Waals surface area contributed by atoms with E-state index in [0.717, 1.165) is 12.5 Å². The van der Waals surface area contributed by atoms with E-state index in [1.54, 1.807) is 12.1 Å². The van der Waals surface area contributed by atoms with Crippen molar-refractivity contribution in [2.45, 2.75) is 13.3 Å². The number of carbonyl (C=O) groups is 2. The summed E-state index contributed by atoms with van der Waals surface area (Å²) in [6.45, 7) is 2.42. The molecule has 11 nitrogen and oxygen atoms in total. The van der Waals surface area contributed by atoms with Crippen LogP contribution in [0.5, 0.6) is 23.0 Å². The number of nitrogens with one attached hydrogen (secondary N) is 2. The van der Waals surface area contributed by atoms with Gasteiger partial charge in [0, 0.05) is 24.4 Å². The lowest BCUT2D eigenvalue weighted by Gasteiger charge is -2.14. The lowest BCUT2D eigenvalue weighted by atomic mass is 10.1. The summed E-state index contributed by atoms with van der Waals surface area (Å²) in [5.41, 5.74) is -0.643. The van der Waals surface area contributed by atoms with Gasteiger partial charge in [0.1, 0.15) is 11.3 Å². The molecule has 11 heteroatoms. The number of urea groups is 1. The van der Waals surface area contributed by atoms with E-state index in [-0.39, 0.29) is 23.0 Å². The van der Waals surface area contributed by atoms with Crippen molar-refractivity contribution in [2.75, 3.05) is 33.2 Å². The van der Waals surface area contributed by atoms with Gasteiger partial charge < -0.3 is 29.6 Å². The first-order valence-corrected chi connectivity index (χ1v) is 9.20. The molecule has 166 valence electrons. The van der Waals surface area contributed by atoms with Crippen molar-refractivity contribution in [1.82, 2.24) is 5.32 Å². The van der Waals surface area contributed by atoms with Crippen molar-refractivity contribution in [3.8, 4) is 23.0 Å². The van der Waals surface area contributed by atoms with Gasteiger partial charge in [-0.05, 0) is 18.6 Å². The minimum Gasteiger partial charge on any atom is -0.493 e. The minimum atomic E-state index is -1.02. The zero-order valence-corrected chi connectivity index (χ0v) is 17.5. The lowest BCUT2D eigenvalue weighted by molar-refractivity contribution is -0.386. The van der Waals surface area contributed by atoms with Crippen molar-refractivity contribution in [1.29, 1.82) is 0 Å². The average molecular weight is 433 g/mol. The number of esters is 1. The summed E-state index contributed by atoms with van der Waals surface area (Å²) in [7, 11) is 3.81. The van der Waals surface area contributed by atoms with Gasteiger partial charge in [-0.2, -0.15) is 0 Å². The maximum Gasteiger partial charge on any atom is 0.350 e. The molecule has 2 N–H and O–H groups in total. The first-order chi connectivity index (χ1) is 14.9. The third-order valence-electron chi connectivity index (χ3n) is 4.04. The second kappa shape index (κ2) is 10.7. The fourth-order valence-electron chi connectivity index (χ4n) is 2.69. The second-order valence-corrected chi connectivity index (χ2v) is 6.10. The highest BCUT2D eigenvalue weighted by Crippen LogP contribution is 2.46. The molecule has 0 unspecified atom stereocenters. The average Bonchev–Trinajstić information content (AvgIpc) is 2.75. The number of amides is 2. The molecule has 0 aliphatic carbocycles. The number of hydrogen-bond donors (Lipinski definition) is 2. The monoisotopic (exact) mass is 433 g/mol. The van der Waals surface area contributed by atoms with E-state index in [1.165, 1.54) is 33.5 Å². The first-order valence-electron chi connectivity index (χ1n) is 9.20. The molecule has 0 aliphatic rings. The predicted octanol–water partition coefficient (Wildman–Crippen LogP) is 3.37. The van der Waals surface area contributed by atoms with Crippen LogP contribution in [0, 0.1) is 10.1 Å². The Hall–Kier alpha value is -4.02. The van der Waals surface area contributed by atoms with Gasteiger partial charge in [-0.25, -0.2) is 9.59 Å². The Morgan fingerprint density at radius 1 is 1.06 bits per heavy atom. The first kappa shape index (κ1) is 23.3. The summed E-state index contributed by atoms with van der Waals surface area (Å²) in [5, 5.41) is 16.9. The van der Waals surface area contributed by atoms with Crippen LogP contribution in [0.4, 0.5) is 16.2 Å². The molecule has 31 heavy (non-hydrogen) atoms. The number of benzene rings is 2.